The first kappa shape index (κ1) is 50.8. The third-order valence-electron chi connectivity index (χ3n) is 9.43. The van der Waals surface area contributed by atoms with Gasteiger partial charge < -0.3 is 30.5 Å². The van der Waals surface area contributed by atoms with Gasteiger partial charge in [0.15, 0.2) is 0 Å². The fourth-order valence-corrected chi connectivity index (χ4v) is 15.9. The van der Waals surface area contributed by atoms with Crippen molar-refractivity contribution in [2.24, 2.45) is 0 Å². The minimum Gasteiger partial charge on any atom is -0.493 e. The maximum absolute atomic E-state index is 11.4. The van der Waals surface area contributed by atoms with E-state index >= 15 is 0 Å². The van der Waals surface area contributed by atoms with Crippen LogP contribution in [0.1, 0.15) is 68.2 Å². The van der Waals surface area contributed by atoms with Crippen molar-refractivity contribution in [1.29, 1.82) is 0 Å². The van der Waals surface area contributed by atoms with Gasteiger partial charge in [0, 0.05) is 13.2 Å². The summed E-state index contributed by atoms with van der Waals surface area (Å²) in [5.41, 5.74) is 1.67. The molecule has 6 nitrogen and oxygen atoms in total. The Morgan fingerprint density at radius 2 is 0.732 bits per heavy atom. The number of hydrogen-bond acceptors (Lipinski definition) is 6. The molecule has 0 aliphatic carbocycles. The molecular weight excluding hydrogens is 775 g/mol. The summed E-state index contributed by atoms with van der Waals surface area (Å²) in [6, 6.07) is 42.1. The minimum absolute atomic E-state index is 0. The molecule has 0 aliphatic rings. The first-order valence-corrected chi connectivity index (χ1v) is 22.3. The number of carbonyl (C=O) groups is 2. The molecule has 0 aliphatic heterocycles. The van der Waals surface area contributed by atoms with Crippen molar-refractivity contribution in [2.75, 3.05) is 27.4 Å². The summed E-state index contributed by atoms with van der Waals surface area (Å²) < 4.78 is 22.9. The van der Waals surface area contributed by atoms with E-state index in [4.69, 9.17) is 8.85 Å². The van der Waals surface area contributed by atoms with E-state index in [1.807, 2.05) is 38.1 Å². The molecule has 4 aromatic carbocycles. The van der Waals surface area contributed by atoms with Gasteiger partial charge in [-0.05, 0) is 43.7 Å². The zero-order valence-corrected chi connectivity index (χ0v) is 38.1. The zero-order valence-electron chi connectivity index (χ0n) is 35.1. The van der Waals surface area contributed by atoms with E-state index in [2.05, 4.69) is 160 Å². The van der Waals surface area contributed by atoms with Crippen molar-refractivity contribution < 1.29 is 63.8 Å². The Labute approximate surface area is 361 Å². The summed E-state index contributed by atoms with van der Waals surface area (Å²) in [6.45, 7) is 18.3. The van der Waals surface area contributed by atoms with Crippen molar-refractivity contribution in [3.63, 3.8) is 0 Å². The van der Waals surface area contributed by atoms with Crippen LogP contribution in [-0.2, 0) is 45.0 Å². The predicted molar refractivity (Wildman–Crippen MR) is 225 cm³/mol. The third-order valence-corrected chi connectivity index (χ3v) is 19.5. The van der Waals surface area contributed by atoms with Crippen LogP contribution >= 0.6 is 0 Å². The van der Waals surface area contributed by atoms with Gasteiger partial charge in [-0.2, -0.15) is 0 Å². The normalized spacial score (nSPS) is 12.2. The van der Waals surface area contributed by atoms with E-state index in [0.717, 1.165) is 11.1 Å². The fraction of sp³-hybridized carbons (Fsp3) is 0.348. The van der Waals surface area contributed by atoms with E-state index < -0.39 is 28.6 Å². The van der Waals surface area contributed by atoms with Crippen molar-refractivity contribution >= 4 is 49.3 Å². The van der Waals surface area contributed by atoms with Crippen molar-refractivity contribution in [2.45, 2.75) is 78.3 Å². The summed E-state index contributed by atoms with van der Waals surface area (Å²) in [6.07, 6.45) is 6.73. The predicted octanol–water partition coefficient (Wildman–Crippen LogP) is 4.75. The van der Waals surface area contributed by atoms with Gasteiger partial charge in [-0.3, -0.25) is 9.59 Å². The number of rotatable bonds is 14. The molecule has 0 heterocycles. The second-order valence-corrected chi connectivity index (χ2v) is 23.9. The quantitative estimate of drug-likeness (QED) is 0.0792. The maximum Gasteiger partial charge on any atom is 1.00 e. The van der Waals surface area contributed by atoms with Crippen LogP contribution in [0.4, 0.5) is 0 Å². The van der Waals surface area contributed by atoms with E-state index in [0.29, 0.717) is 26.1 Å². The molecule has 0 fully saturated rings. The Hall–Kier alpha value is -3.23. The number of benzene rings is 4. The van der Waals surface area contributed by atoms with E-state index in [-0.39, 0.29) is 46.0 Å². The molecule has 298 valence electrons. The van der Waals surface area contributed by atoms with Gasteiger partial charge in [0.25, 0.3) is 16.6 Å². The number of hydrogen-bond donors (Lipinski definition) is 0. The summed E-state index contributed by atoms with van der Waals surface area (Å²) in [4.78, 5) is 22.8. The van der Waals surface area contributed by atoms with Gasteiger partial charge >= 0.3 is 35.9 Å². The fourth-order valence-electron chi connectivity index (χ4n) is 6.81. The molecule has 0 aromatic heterocycles. The average molecular weight is 834 g/mol. The topological polar surface area (TPSA) is 71.1 Å². The van der Waals surface area contributed by atoms with Gasteiger partial charge in [0.1, 0.15) is 11.9 Å². The van der Waals surface area contributed by atoms with Crippen LogP contribution in [0.2, 0.25) is 10.1 Å². The van der Waals surface area contributed by atoms with Crippen molar-refractivity contribution in [1.82, 2.24) is 0 Å². The van der Waals surface area contributed by atoms with Crippen LogP contribution in [-0.4, -0.2) is 56.0 Å². The summed E-state index contributed by atoms with van der Waals surface area (Å²) in [5, 5.41) is 4.90. The standard InChI is InChI=1S/2C23H29O3Si.Cu.Li/c2*1-19(18-22(24)25-5)16-17-26-27(23(2,3)4,20-12-8-6-9-13-20)21-14-10-7-11-15-21;;/h2*6-15H,16-17H2,1-5H3;;/q2*-1;2*+1. The van der Waals surface area contributed by atoms with Gasteiger partial charge in [-0.1, -0.05) is 177 Å². The molecule has 0 spiro atoms. The second kappa shape index (κ2) is 23.9. The van der Waals surface area contributed by atoms with Gasteiger partial charge in [-0.25, -0.2) is 11.1 Å². The second-order valence-electron chi connectivity index (χ2n) is 15.3. The third kappa shape index (κ3) is 13.4. The first-order chi connectivity index (χ1) is 25.6. The average Bonchev–Trinajstić information content (AvgIpc) is 3.15. The monoisotopic (exact) mass is 832 g/mol. The van der Waals surface area contributed by atoms with Crippen molar-refractivity contribution in [3.8, 4) is 0 Å². The molecule has 0 saturated carbocycles. The van der Waals surface area contributed by atoms with Gasteiger partial charge in [-0.15, -0.1) is 0 Å². The molecule has 0 bridgehead atoms. The molecule has 0 N–H and O–H groups in total. The molecule has 0 atom stereocenters. The van der Waals surface area contributed by atoms with Crippen LogP contribution in [0.5, 0.6) is 0 Å². The Bertz CT molecular complexity index is 1590. The van der Waals surface area contributed by atoms with Crippen LogP contribution in [0, 0.1) is 12.2 Å². The summed E-state index contributed by atoms with van der Waals surface area (Å²) >= 11 is 0. The molecule has 0 amide bonds. The smallest absolute Gasteiger partial charge is 0.493 e. The van der Waals surface area contributed by atoms with Crippen LogP contribution in [0.3, 0.4) is 0 Å². The molecule has 0 radical (unpaired) electrons. The Morgan fingerprint density at radius 1 is 0.500 bits per heavy atom. The molecule has 56 heavy (non-hydrogen) atoms. The molecule has 0 unspecified atom stereocenters. The number of esters is 2. The largest absolute Gasteiger partial charge is 1.00 e. The molecular formula is C46H58CuLiO6Si2. The SMILES string of the molecule is COC(=O)[C-]=C(C)CCO[Si](c1ccccc1)(c1ccccc1)C(C)(C)C.COC(=O)[C-]=C(C)CCO[Si](c1ccccc1)(c1ccccc1)C(C)(C)C.[Cu+].[Li+]. The number of carbonyl (C=O) groups excluding carboxylic acids is 2. The minimum atomic E-state index is -2.52. The van der Waals surface area contributed by atoms with E-state index in [1.54, 1.807) is 0 Å². The number of ether oxygens (including phenoxy) is 2. The molecule has 4 aromatic rings. The molecule has 4 rings (SSSR count). The maximum atomic E-state index is 11.4. The summed E-state index contributed by atoms with van der Waals surface area (Å²) in [5.74, 6) is -0.893. The molecule has 0 saturated heterocycles. The van der Waals surface area contributed by atoms with Gasteiger partial charge in [0.2, 0.25) is 0 Å². The number of methoxy groups -OCH3 is 2. The van der Waals surface area contributed by atoms with Gasteiger partial charge in [0.05, 0.1) is 14.2 Å². The Balaban J connectivity index is 0.000000541. The Kier molecular flexibility index (Phi) is 21.6. The Morgan fingerprint density at radius 3 is 0.929 bits per heavy atom. The van der Waals surface area contributed by atoms with E-state index in [1.165, 1.54) is 35.0 Å². The first-order valence-electron chi connectivity index (χ1n) is 18.5. The van der Waals surface area contributed by atoms with E-state index in [9.17, 15) is 9.59 Å². The van der Waals surface area contributed by atoms with Crippen LogP contribution < -0.4 is 39.6 Å². The summed E-state index contributed by atoms with van der Waals surface area (Å²) in [7, 11) is -2.32. The molecule has 10 heteroatoms. The zero-order chi connectivity index (χ0) is 39.8. The van der Waals surface area contributed by atoms with Crippen LogP contribution in [0.15, 0.2) is 132 Å². The van der Waals surface area contributed by atoms with Crippen molar-refractivity contribution in [3.05, 3.63) is 145 Å². The van der Waals surface area contributed by atoms with Crippen LogP contribution in [0.25, 0.3) is 0 Å².